The van der Waals surface area contributed by atoms with Crippen LogP contribution in [0.4, 0.5) is 17.1 Å². The molecule has 37 heavy (non-hydrogen) atoms. The average molecular weight is 497 g/mol. The number of aromatic carboxylic acids is 1. The smallest absolute Gasteiger partial charge is 0.335 e. The molecule has 0 fully saturated rings. The lowest BCUT2D eigenvalue weighted by molar-refractivity contribution is 0.0696. The third-order valence-corrected chi connectivity index (χ3v) is 5.70. The van der Waals surface area contributed by atoms with Crippen molar-refractivity contribution < 1.29 is 24.5 Å². The van der Waals surface area contributed by atoms with Crippen molar-refractivity contribution in [3.63, 3.8) is 0 Å². The normalized spacial score (nSPS) is 11.3. The van der Waals surface area contributed by atoms with Crippen LogP contribution in [0, 0.1) is 0 Å². The van der Waals surface area contributed by atoms with Crippen molar-refractivity contribution >= 4 is 50.7 Å². The van der Waals surface area contributed by atoms with Gasteiger partial charge in [0.05, 0.1) is 29.3 Å². The summed E-state index contributed by atoms with van der Waals surface area (Å²) < 4.78 is 5.25. The van der Waals surface area contributed by atoms with Gasteiger partial charge in [0, 0.05) is 11.1 Å². The third kappa shape index (κ3) is 4.48. The zero-order valence-electron chi connectivity index (χ0n) is 19.3. The van der Waals surface area contributed by atoms with Crippen LogP contribution in [0.1, 0.15) is 20.7 Å². The van der Waals surface area contributed by atoms with Crippen molar-refractivity contribution in [3.05, 3.63) is 88.3 Å². The number of nitrogens with one attached hydrogen (secondary N) is 3. The number of aromatic hydroxyl groups is 1. The lowest BCUT2D eigenvalue weighted by atomic mass is 10.0. The van der Waals surface area contributed by atoms with E-state index in [4.69, 9.17) is 4.74 Å². The summed E-state index contributed by atoms with van der Waals surface area (Å²) in [7, 11) is 1.41. The highest BCUT2D eigenvalue weighted by molar-refractivity contribution is 6.12. The van der Waals surface area contributed by atoms with Crippen molar-refractivity contribution in [3.8, 4) is 11.5 Å². The number of carboxylic acids is 1. The van der Waals surface area contributed by atoms with E-state index in [0.29, 0.717) is 27.5 Å². The number of fused-ring (bicyclic) bond motifs is 2. The van der Waals surface area contributed by atoms with E-state index in [-0.39, 0.29) is 33.9 Å². The molecular weight excluding hydrogens is 478 g/mol. The van der Waals surface area contributed by atoms with E-state index in [2.05, 4.69) is 25.5 Å². The Labute approximate surface area is 208 Å². The van der Waals surface area contributed by atoms with Gasteiger partial charge in [0.1, 0.15) is 17.1 Å². The van der Waals surface area contributed by atoms with Gasteiger partial charge in [0.25, 0.3) is 5.91 Å². The van der Waals surface area contributed by atoms with Crippen LogP contribution in [0.2, 0.25) is 0 Å². The molecule has 0 bridgehead atoms. The Morgan fingerprint density at radius 2 is 1.73 bits per heavy atom. The maximum Gasteiger partial charge on any atom is 0.335 e. The molecule has 184 valence electrons. The number of ether oxygens (including phenoxy) is 1. The van der Waals surface area contributed by atoms with E-state index in [0.717, 1.165) is 0 Å². The molecular formula is C26H19N5O6. The Hall–Kier alpha value is -5.45. The molecule has 0 radical (unpaired) electrons. The molecule has 0 spiro atoms. The van der Waals surface area contributed by atoms with Crippen LogP contribution < -0.4 is 15.7 Å². The number of anilines is 1. The van der Waals surface area contributed by atoms with E-state index in [1.165, 1.54) is 31.4 Å². The standard InChI is InChI=1S/C26H19N5O6/c1-37-21-9-6-14(25(34)35)11-20(21)30-31-22-16-5-3-2-4-13(16)10-17(23(22)32)24(33)27-15-7-8-18-19(12-15)29-26(36)28-18/h2-12,32H,1H3,(H,27,33)(H,34,35)(H2,28,29,36). The molecule has 0 aliphatic heterocycles. The first-order valence-corrected chi connectivity index (χ1v) is 10.9. The van der Waals surface area contributed by atoms with Crippen LogP contribution in [0.3, 0.4) is 0 Å². The molecule has 0 aliphatic rings. The van der Waals surface area contributed by atoms with Crippen LogP contribution in [0.5, 0.6) is 11.5 Å². The third-order valence-electron chi connectivity index (χ3n) is 5.70. The summed E-state index contributed by atoms with van der Waals surface area (Å²) in [6.45, 7) is 0. The highest BCUT2D eigenvalue weighted by Gasteiger charge is 2.19. The maximum absolute atomic E-state index is 13.2. The van der Waals surface area contributed by atoms with Gasteiger partial charge in [0.15, 0.2) is 5.75 Å². The quantitative estimate of drug-likeness (QED) is 0.205. The summed E-state index contributed by atoms with van der Waals surface area (Å²) >= 11 is 0. The minimum absolute atomic E-state index is 0.0160. The summed E-state index contributed by atoms with van der Waals surface area (Å²) in [5.74, 6) is -1.88. The van der Waals surface area contributed by atoms with Gasteiger partial charge in [-0.05, 0) is 47.9 Å². The number of hydrogen-bond acceptors (Lipinski definition) is 7. The fraction of sp³-hybridized carbons (Fsp3) is 0.0385. The highest BCUT2D eigenvalue weighted by atomic mass is 16.5. The number of H-pyrrole nitrogens is 2. The molecule has 1 amide bonds. The molecule has 5 rings (SSSR count). The number of carbonyl (C=O) groups excluding carboxylic acids is 1. The number of hydrogen-bond donors (Lipinski definition) is 5. The van der Waals surface area contributed by atoms with Crippen LogP contribution in [-0.2, 0) is 0 Å². The van der Waals surface area contributed by atoms with E-state index < -0.39 is 17.6 Å². The summed E-state index contributed by atoms with van der Waals surface area (Å²) in [6.07, 6.45) is 0. The second-order valence-corrected chi connectivity index (χ2v) is 8.03. The summed E-state index contributed by atoms with van der Waals surface area (Å²) in [4.78, 5) is 41.3. The lowest BCUT2D eigenvalue weighted by Crippen LogP contribution is -2.12. The molecule has 11 nitrogen and oxygen atoms in total. The minimum Gasteiger partial charge on any atom is -0.505 e. The molecule has 0 aliphatic carbocycles. The zero-order chi connectivity index (χ0) is 26.1. The number of phenolic OH excluding ortho intramolecular Hbond substituents is 1. The van der Waals surface area contributed by atoms with E-state index in [1.807, 2.05) is 0 Å². The van der Waals surface area contributed by atoms with Crippen molar-refractivity contribution in [2.75, 3.05) is 12.4 Å². The largest absolute Gasteiger partial charge is 0.505 e. The molecule has 0 saturated carbocycles. The van der Waals surface area contributed by atoms with Gasteiger partial charge in [-0.3, -0.25) is 4.79 Å². The highest BCUT2D eigenvalue weighted by Crippen LogP contribution is 2.40. The molecule has 11 heteroatoms. The predicted molar refractivity (Wildman–Crippen MR) is 137 cm³/mol. The second kappa shape index (κ2) is 9.30. The van der Waals surface area contributed by atoms with Gasteiger partial charge in [-0.25, -0.2) is 9.59 Å². The lowest BCUT2D eigenvalue weighted by Gasteiger charge is -2.11. The Balaban J connectivity index is 1.56. The average Bonchev–Trinajstić information content (AvgIpc) is 3.26. The fourth-order valence-electron chi connectivity index (χ4n) is 3.91. The van der Waals surface area contributed by atoms with E-state index in [9.17, 15) is 24.6 Å². The van der Waals surface area contributed by atoms with Crippen molar-refractivity contribution in [1.29, 1.82) is 0 Å². The van der Waals surface area contributed by atoms with Crippen molar-refractivity contribution in [2.24, 2.45) is 10.2 Å². The number of methoxy groups -OCH3 is 1. The Kier molecular flexibility index (Phi) is 5.86. The van der Waals surface area contributed by atoms with Gasteiger partial charge in [-0.1, -0.05) is 24.3 Å². The van der Waals surface area contributed by atoms with Crippen LogP contribution >= 0.6 is 0 Å². The van der Waals surface area contributed by atoms with Gasteiger partial charge in [0.2, 0.25) is 0 Å². The van der Waals surface area contributed by atoms with Crippen molar-refractivity contribution in [1.82, 2.24) is 9.97 Å². The van der Waals surface area contributed by atoms with E-state index >= 15 is 0 Å². The molecule has 5 aromatic rings. The molecule has 4 aromatic carbocycles. The molecule has 0 unspecified atom stereocenters. The summed E-state index contributed by atoms with van der Waals surface area (Å²) in [5, 5.41) is 32.5. The Bertz CT molecular complexity index is 1790. The van der Waals surface area contributed by atoms with Crippen LogP contribution in [0.25, 0.3) is 21.8 Å². The monoisotopic (exact) mass is 497 g/mol. The molecule has 1 aromatic heterocycles. The first-order valence-electron chi connectivity index (χ1n) is 10.9. The molecule has 0 saturated heterocycles. The van der Waals surface area contributed by atoms with Gasteiger partial charge in [-0.2, -0.15) is 0 Å². The van der Waals surface area contributed by atoms with Crippen LogP contribution in [-0.4, -0.2) is 39.2 Å². The number of azo groups is 1. The number of aromatic amines is 2. The van der Waals surface area contributed by atoms with Crippen molar-refractivity contribution in [2.45, 2.75) is 0 Å². The van der Waals surface area contributed by atoms with Crippen LogP contribution in [0.15, 0.2) is 81.8 Å². The van der Waals surface area contributed by atoms with Gasteiger partial charge >= 0.3 is 11.7 Å². The topological polar surface area (TPSA) is 169 Å². The fourth-order valence-corrected chi connectivity index (χ4v) is 3.91. The predicted octanol–water partition coefficient (Wildman–Crippen LogP) is 5.09. The summed E-state index contributed by atoms with van der Waals surface area (Å²) in [6, 6.07) is 17.5. The number of benzene rings is 4. The number of imidazole rings is 1. The number of carboxylic acid groups (broad SMARTS) is 1. The summed E-state index contributed by atoms with van der Waals surface area (Å²) in [5.41, 5.74) is 1.22. The Morgan fingerprint density at radius 3 is 2.51 bits per heavy atom. The minimum atomic E-state index is -1.15. The number of aromatic nitrogens is 2. The second-order valence-electron chi connectivity index (χ2n) is 8.03. The SMILES string of the molecule is COc1ccc(C(=O)O)cc1N=Nc1c(O)c(C(=O)Nc2ccc3[nH]c(=O)[nH]c3c2)cc2ccccc12. The first-order chi connectivity index (χ1) is 17.8. The number of carbonyl (C=O) groups is 2. The Morgan fingerprint density at radius 1 is 0.946 bits per heavy atom. The molecule has 5 N–H and O–H groups in total. The number of phenols is 1. The molecule has 1 heterocycles. The number of rotatable bonds is 6. The maximum atomic E-state index is 13.2. The van der Waals surface area contributed by atoms with Gasteiger partial charge < -0.3 is 30.2 Å². The first kappa shape index (κ1) is 23.3. The van der Waals surface area contributed by atoms with Gasteiger partial charge in [-0.15, -0.1) is 10.2 Å². The number of amides is 1. The molecule has 0 atom stereocenters. The zero-order valence-corrected chi connectivity index (χ0v) is 19.3. The van der Waals surface area contributed by atoms with E-state index in [1.54, 1.807) is 42.5 Å². The number of nitrogens with zero attached hydrogens (tertiary/aromatic N) is 2.